The first-order valence-electron chi connectivity index (χ1n) is 10.4. The van der Waals surface area contributed by atoms with Gasteiger partial charge in [0.1, 0.15) is 12.7 Å². The van der Waals surface area contributed by atoms with E-state index in [1.165, 1.54) is 27.7 Å². The lowest BCUT2D eigenvalue weighted by molar-refractivity contribution is -0.305. The van der Waals surface area contributed by atoms with E-state index in [1.54, 1.807) is 0 Å². The molecule has 32 heavy (non-hydrogen) atoms. The van der Waals surface area contributed by atoms with Crippen LogP contribution in [0.4, 0.5) is 0 Å². The van der Waals surface area contributed by atoms with Crippen molar-refractivity contribution in [2.75, 3.05) is 13.2 Å². The van der Waals surface area contributed by atoms with Gasteiger partial charge in [0.15, 0.2) is 24.6 Å². The summed E-state index contributed by atoms with van der Waals surface area (Å²) in [5.74, 6) is -2.61. The molecule has 1 saturated heterocycles. The van der Waals surface area contributed by atoms with Crippen LogP contribution < -0.4 is 0 Å². The third kappa shape index (κ3) is 10.4. The average Bonchev–Trinajstić information content (AvgIpc) is 2.62. The maximum Gasteiger partial charge on any atom is 0.303 e. The van der Waals surface area contributed by atoms with E-state index >= 15 is 0 Å². The Hall–Kier alpha value is -2.24. The molecular formula is C21H34O10Si. The van der Waals surface area contributed by atoms with Crippen LogP contribution >= 0.6 is 0 Å². The van der Waals surface area contributed by atoms with Gasteiger partial charge in [-0.25, -0.2) is 0 Å². The van der Waals surface area contributed by atoms with Crippen molar-refractivity contribution in [3.05, 3.63) is 12.2 Å². The third-order valence-electron chi connectivity index (χ3n) is 4.20. The Morgan fingerprint density at radius 2 is 1.31 bits per heavy atom. The summed E-state index contributed by atoms with van der Waals surface area (Å²) in [6.45, 7) is 11.3. The molecule has 1 aliphatic heterocycles. The van der Waals surface area contributed by atoms with Crippen molar-refractivity contribution in [1.82, 2.24) is 0 Å². The molecule has 182 valence electrons. The van der Waals surface area contributed by atoms with Crippen molar-refractivity contribution in [3.63, 3.8) is 0 Å². The summed E-state index contributed by atoms with van der Waals surface area (Å²) in [6, 6.07) is 0.953. The summed E-state index contributed by atoms with van der Waals surface area (Å²) in [5, 5.41) is 0. The first kappa shape index (κ1) is 27.8. The van der Waals surface area contributed by atoms with Gasteiger partial charge in [0.2, 0.25) is 0 Å². The highest BCUT2D eigenvalue weighted by Crippen LogP contribution is 2.30. The van der Waals surface area contributed by atoms with Crippen molar-refractivity contribution in [2.45, 2.75) is 84.1 Å². The molecule has 11 heteroatoms. The van der Waals surface area contributed by atoms with Gasteiger partial charge in [-0.15, -0.1) is 0 Å². The molecule has 1 heterocycles. The molecule has 0 aliphatic carbocycles. The number of carbonyl (C=O) groups is 4. The number of esters is 4. The Morgan fingerprint density at radius 1 is 0.781 bits per heavy atom. The molecule has 0 aromatic heterocycles. The van der Waals surface area contributed by atoms with Gasteiger partial charge in [0.05, 0.1) is 6.61 Å². The zero-order valence-corrected chi connectivity index (χ0v) is 20.7. The number of carbonyl (C=O) groups excluding carboxylic acids is 4. The minimum atomic E-state index is -1.27. The Labute approximate surface area is 189 Å². The number of hydrogen-bond donors (Lipinski definition) is 0. The highest BCUT2D eigenvalue weighted by atomic mass is 28.3. The van der Waals surface area contributed by atoms with Crippen LogP contribution in [0, 0.1) is 0 Å². The largest absolute Gasteiger partial charge is 0.463 e. The van der Waals surface area contributed by atoms with Gasteiger partial charge >= 0.3 is 23.9 Å². The van der Waals surface area contributed by atoms with Crippen LogP contribution in [0.1, 0.15) is 27.7 Å². The quantitative estimate of drug-likeness (QED) is 0.201. The highest BCUT2D eigenvalue weighted by Gasteiger charge is 2.52. The Morgan fingerprint density at radius 3 is 1.81 bits per heavy atom. The smallest absolute Gasteiger partial charge is 0.303 e. The lowest BCUT2D eigenvalue weighted by Crippen LogP contribution is -2.62. The van der Waals surface area contributed by atoms with Crippen molar-refractivity contribution in [2.24, 2.45) is 0 Å². The summed E-state index contributed by atoms with van der Waals surface area (Å²) in [5.41, 5.74) is 0. The van der Waals surface area contributed by atoms with Crippen LogP contribution in [0.15, 0.2) is 12.2 Å². The Bertz CT molecular complexity index is 699. The Kier molecular flexibility index (Phi) is 11.0. The molecular weight excluding hydrogens is 440 g/mol. The zero-order valence-electron chi connectivity index (χ0n) is 19.7. The maximum atomic E-state index is 11.8. The van der Waals surface area contributed by atoms with Gasteiger partial charge in [0, 0.05) is 35.8 Å². The maximum absolute atomic E-state index is 11.8. The van der Waals surface area contributed by atoms with E-state index in [-0.39, 0.29) is 13.2 Å². The highest BCUT2D eigenvalue weighted by molar-refractivity contribution is 6.76. The van der Waals surface area contributed by atoms with Gasteiger partial charge in [-0.05, 0) is 6.04 Å². The van der Waals surface area contributed by atoms with Crippen molar-refractivity contribution >= 4 is 32.0 Å². The summed E-state index contributed by atoms with van der Waals surface area (Å²) < 4.78 is 32.6. The summed E-state index contributed by atoms with van der Waals surface area (Å²) in [7, 11) is -1.27. The van der Waals surface area contributed by atoms with Crippen LogP contribution in [0.2, 0.25) is 25.7 Å². The summed E-state index contributed by atoms with van der Waals surface area (Å²) >= 11 is 0. The average molecular weight is 475 g/mol. The van der Waals surface area contributed by atoms with Crippen LogP contribution in [0.3, 0.4) is 0 Å². The van der Waals surface area contributed by atoms with Gasteiger partial charge in [-0.1, -0.05) is 31.8 Å². The summed E-state index contributed by atoms with van der Waals surface area (Å²) in [4.78, 5) is 46.5. The van der Waals surface area contributed by atoms with E-state index in [0.717, 1.165) is 6.04 Å². The molecule has 0 amide bonds. The molecule has 0 saturated carbocycles. The fraction of sp³-hybridized carbons (Fsp3) is 0.714. The molecule has 1 rings (SSSR count). The summed E-state index contributed by atoms with van der Waals surface area (Å²) in [6.07, 6.45) is -1.97. The predicted octanol–water partition coefficient (Wildman–Crippen LogP) is 1.98. The van der Waals surface area contributed by atoms with E-state index in [9.17, 15) is 19.2 Å². The third-order valence-corrected chi connectivity index (χ3v) is 5.66. The topological polar surface area (TPSA) is 124 Å². The lowest BCUT2D eigenvalue weighted by atomic mass is 9.98. The normalized spacial score (nSPS) is 25.8. The second-order valence-electron chi connectivity index (χ2n) is 8.64. The molecule has 0 unspecified atom stereocenters. The zero-order chi connectivity index (χ0) is 24.5. The monoisotopic (exact) mass is 474 g/mol. The van der Waals surface area contributed by atoms with Crippen molar-refractivity contribution < 1.29 is 47.6 Å². The molecule has 0 N–H and O–H groups in total. The number of ether oxygens (including phenoxy) is 6. The fourth-order valence-electron chi connectivity index (χ4n) is 2.98. The second-order valence-corrected chi connectivity index (χ2v) is 14.2. The van der Waals surface area contributed by atoms with Gasteiger partial charge < -0.3 is 28.4 Å². The molecule has 1 fully saturated rings. The lowest BCUT2D eigenvalue weighted by Gasteiger charge is -2.43. The molecule has 0 spiro atoms. The second kappa shape index (κ2) is 12.7. The van der Waals surface area contributed by atoms with E-state index < -0.39 is 62.7 Å². The molecule has 1 aliphatic rings. The van der Waals surface area contributed by atoms with Gasteiger partial charge in [-0.2, -0.15) is 0 Å². The van der Waals surface area contributed by atoms with Crippen LogP contribution in [0.25, 0.3) is 0 Å². The first-order valence-corrected chi connectivity index (χ1v) is 14.1. The predicted molar refractivity (Wildman–Crippen MR) is 115 cm³/mol. The van der Waals surface area contributed by atoms with Crippen molar-refractivity contribution in [1.29, 1.82) is 0 Å². The standard InChI is InChI=1S/C21H34O10Si/c1-13(22)27-12-17-18(28-14(2)23)19(29-15(3)24)20(30-16(4)25)21(31-17)26-10-8-9-11-32(5,6)7/h8-9,17-21H,10-12H2,1-7H3/b9-8+/t17-,18-,19+,20-,21+/m1/s1. The minimum Gasteiger partial charge on any atom is -0.463 e. The molecule has 0 aromatic rings. The van der Waals surface area contributed by atoms with Crippen LogP contribution in [-0.4, -0.2) is 75.9 Å². The Balaban J connectivity index is 3.16. The number of rotatable bonds is 10. The SMILES string of the molecule is CC(=O)OC[C@H]1O[C@H](OC/C=C/C[Si](C)(C)C)[C@H](OC(C)=O)[C@@H](OC(C)=O)[C@@H]1OC(C)=O. The van der Waals surface area contributed by atoms with Gasteiger partial charge in [0.25, 0.3) is 0 Å². The fourth-order valence-corrected chi connectivity index (χ4v) is 3.85. The van der Waals surface area contributed by atoms with Crippen LogP contribution in [-0.2, 0) is 47.6 Å². The van der Waals surface area contributed by atoms with Gasteiger partial charge in [-0.3, -0.25) is 19.2 Å². The minimum absolute atomic E-state index is 0.137. The van der Waals surface area contributed by atoms with E-state index in [2.05, 4.69) is 19.6 Å². The molecule has 5 atom stereocenters. The molecule has 0 radical (unpaired) electrons. The van der Waals surface area contributed by atoms with Crippen molar-refractivity contribution in [3.8, 4) is 0 Å². The number of hydrogen-bond acceptors (Lipinski definition) is 10. The molecule has 0 bridgehead atoms. The van der Waals surface area contributed by atoms with E-state index in [0.29, 0.717) is 0 Å². The first-order chi connectivity index (χ1) is 14.8. The molecule has 0 aromatic carbocycles. The van der Waals surface area contributed by atoms with Crippen LogP contribution in [0.5, 0.6) is 0 Å². The van der Waals surface area contributed by atoms with E-state index in [1.807, 2.05) is 12.2 Å². The van der Waals surface area contributed by atoms with E-state index in [4.69, 9.17) is 28.4 Å². The number of allylic oxidation sites excluding steroid dienone is 1. The molecule has 10 nitrogen and oxygen atoms in total.